The van der Waals surface area contributed by atoms with Crippen molar-refractivity contribution in [3.8, 4) is 0 Å². The monoisotopic (exact) mass is 283 g/mol. The van der Waals surface area contributed by atoms with Gasteiger partial charge in [-0.2, -0.15) is 0 Å². The van der Waals surface area contributed by atoms with Crippen LogP contribution in [0.3, 0.4) is 0 Å². The first-order valence-electron chi connectivity index (χ1n) is 6.18. The number of aromatic amines is 1. The minimum Gasteiger partial charge on any atom is -0.405 e. The third kappa shape index (κ3) is 2.53. The van der Waals surface area contributed by atoms with E-state index in [1.54, 1.807) is 6.08 Å². The minimum atomic E-state index is -1.18. The number of aromatic nitrogens is 2. The molecule has 0 saturated carbocycles. The van der Waals surface area contributed by atoms with Gasteiger partial charge in [-0.05, 0) is 6.20 Å². The molecule has 1 aliphatic rings. The number of hydrogen-bond acceptors (Lipinski definition) is 6. The van der Waals surface area contributed by atoms with Crippen molar-refractivity contribution in [3.05, 3.63) is 45.4 Å². The van der Waals surface area contributed by atoms with Crippen molar-refractivity contribution in [2.75, 3.05) is 6.61 Å². The van der Waals surface area contributed by atoms with Crippen LogP contribution in [0.5, 0.6) is 0 Å². The van der Waals surface area contributed by atoms with Gasteiger partial charge in [0.1, 0.15) is 6.10 Å². The lowest BCUT2D eigenvalue weighted by Crippen LogP contribution is -2.44. The van der Waals surface area contributed by atoms with Crippen molar-refractivity contribution in [1.82, 2.24) is 9.55 Å². The number of hydrogen-bond donors (Lipinski definition) is 4. The first-order chi connectivity index (χ1) is 9.52. The molecule has 0 unspecified atom stereocenters. The molecule has 3 atom stereocenters. The van der Waals surface area contributed by atoms with Gasteiger partial charge >= 0.3 is 5.69 Å². The Hall–Kier alpha value is -1.90. The largest absolute Gasteiger partial charge is 0.405 e. The zero-order valence-electron chi connectivity index (χ0n) is 10.7. The Morgan fingerprint density at radius 1 is 1.60 bits per heavy atom. The number of aliphatic hydroxyl groups excluding tert-OH is 2. The lowest BCUT2D eigenvalue weighted by Gasteiger charge is -2.29. The highest BCUT2D eigenvalue weighted by Gasteiger charge is 2.47. The van der Waals surface area contributed by atoms with Gasteiger partial charge in [0, 0.05) is 25.1 Å². The Balaban J connectivity index is 2.48. The molecule has 2 heterocycles. The summed E-state index contributed by atoms with van der Waals surface area (Å²) < 4.78 is 6.86. The van der Waals surface area contributed by atoms with E-state index in [0.29, 0.717) is 0 Å². The Morgan fingerprint density at radius 2 is 2.35 bits per heavy atom. The van der Waals surface area contributed by atoms with E-state index in [1.807, 2.05) is 0 Å². The van der Waals surface area contributed by atoms with Gasteiger partial charge in [-0.3, -0.25) is 14.3 Å². The standard InChI is InChI=1S/C12H17N3O5/c13-4-1-3-12(6-8(17)9(7-16)20-12)15-5-2-10(18)14-11(15)19/h1-2,4-5,8-9,16-17H,3,6-7,13H2,(H,14,18,19)/t8-,9+,12+/m0/s1. The Labute approximate surface area is 114 Å². The molecule has 110 valence electrons. The molecule has 1 aromatic heterocycles. The number of nitrogens with two attached hydrogens (primary N) is 1. The highest BCUT2D eigenvalue weighted by atomic mass is 16.6. The normalized spacial score (nSPS) is 30.1. The highest BCUT2D eigenvalue weighted by Crippen LogP contribution is 2.37. The Kier molecular flexibility index (Phi) is 4.07. The molecule has 0 aromatic carbocycles. The van der Waals surface area contributed by atoms with Crippen molar-refractivity contribution in [2.24, 2.45) is 5.73 Å². The molecule has 2 rings (SSSR count). The first-order valence-corrected chi connectivity index (χ1v) is 6.18. The van der Waals surface area contributed by atoms with E-state index in [4.69, 9.17) is 10.5 Å². The molecule has 0 aliphatic carbocycles. The van der Waals surface area contributed by atoms with Crippen molar-refractivity contribution in [2.45, 2.75) is 30.8 Å². The molecule has 1 aromatic rings. The zero-order chi connectivity index (χ0) is 14.8. The summed E-state index contributed by atoms with van der Waals surface area (Å²) in [4.78, 5) is 25.2. The van der Waals surface area contributed by atoms with E-state index in [-0.39, 0.29) is 19.4 Å². The van der Waals surface area contributed by atoms with E-state index < -0.39 is 29.2 Å². The molecule has 1 saturated heterocycles. The molecule has 8 nitrogen and oxygen atoms in total. The van der Waals surface area contributed by atoms with E-state index >= 15 is 0 Å². The fraction of sp³-hybridized carbons (Fsp3) is 0.500. The van der Waals surface area contributed by atoms with Gasteiger partial charge in [0.05, 0.1) is 12.7 Å². The average molecular weight is 283 g/mol. The van der Waals surface area contributed by atoms with Gasteiger partial charge in [0.2, 0.25) is 0 Å². The third-order valence-electron chi connectivity index (χ3n) is 3.34. The maximum absolute atomic E-state index is 11.9. The molecule has 0 radical (unpaired) electrons. The molecule has 5 N–H and O–H groups in total. The van der Waals surface area contributed by atoms with Gasteiger partial charge < -0.3 is 20.7 Å². The van der Waals surface area contributed by atoms with Crippen molar-refractivity contribution < 1.29 is 14.9 Å². The number of H-pyrrole nitrogens is 1. The fourth-order valence-electron chi connectivity index (χ4n) is 2.40. The number of nitrogens with one attached hydrogen (secondary N) is 1. The molecule has 0 spiro atoms. The van der Waals surface area contributed by atoms with Crippen LogP contribution < -0.4 is 17.0 Å². The predicted octanol–water partition coefficient (Wildman–Crippen LogP) is -1.81. The second-order valence-corrected chi connectivity index (χ2v) is 4.67. The van der Waals surface area contributed by atoms with Crippen LogP contribution in [0.15, 0.2) is 34.1 Å². The zero-order valence-corrected chi connectivity index (χ0v) is 10.7. The molecule has 1 fully saturated rings. The van der Waals surface area contributed by atoms with Crippen molar-refractivity contribution >= 4 is 0 Å². The SMILES string of the molecule is NC=CC[C@]1(n2ccc(=O)[nH]c2=O)C[C@H](O)[C@@H](CO)O1. The van der Waals surface area contributed by atoms with Gasteiger partial charge in [0.25, 0.3) is 5.56 Å². The van der Waals surface area contributed by atoms with Gasteiger partial charge in [-0.25, -0.2) is 4.79 Å². The third-order valence-corrected chi connectivity index (χ3v) is 3.34. The van der Waals surface area contributed by atoms with Crippen LogP contribution in [0.4, 0.5) is 0 Å². The summed E-state index contributed by atoms with van der Waals surface area (Å²) in [5.41, 5.74) is 2.97. The Morgan fingerprint density at radius 3 is 2.90 bits per heavy atom. The van der Waals surface area contributed by atoms with Crippen LogP contribution in [-0.2, 0) is 10.5 Å². The van der Waals surface area contributed by atoms with E-state index in [9.17, 15) is 19.8 Å². The summed E-state index contributed by atoms with van der Waals surface area (Å²) in [6.07, 6.45) is 2.82. The lowest BCUT2D eigenvalue weighted by molar-refractivity contribution is -0.117. The number of aliphatic hydroxyl groups is 2. The van der Waals surface area contributed by atoms with Crippen molar-refractivity contribution in [1.29, 1.82) is 0 Å². The average Bonchev–Trinajstić information content (AvgIpc) is 2.73. The van der Waals surface area contributed by atoms with Gasteiger partial charge in [0.15, 0.2) is 5.72 Å². The predicted molar refractivity (Wildman–Crippen MR) is 69.8 cm³/mol. The molecular formula is C12H17N3O5. The van der Waals surface area contributed by atoms with Gasteiger partial charge in [-0.1, -0.05) is 6.08 Å². The second kappa shape index (κ2) is 5.61. The maximum Gasteiger partial charge on any atom is 0.330 e. The van der Waals surface area contributed by atoms with Crippen molar-refractivity contribution in [3.63, 3.8) is 0 Å². The first kappa shape index (κ1) is 14.5. The molecule has 1 aliphatic heterocycles. The lowest BCUT2D eigenvalue weighted by atomic mass is 10.0. The number of ether oxygens (including phenoxy) is 1. The molecular weight excluding hydrogens is 266 g/mol. The van der Waals surface area contributed by atoms with Crippen LogP contribution in [-0.4, -0.2) is 38.6 Å². The quantitative estimate of drug-likeness (QED) is 0.515. The fourth-order valence-corrected chi connectivity index (χ4v) is 2.40. The second-order valence-electron chi connectivity index (χ2n) is 4.67. The van der Waals surface area contributed by atoms with Crippen LogP contribution in [0.2, 0.25) is 0 Å². The topological polar surface area (TPSA) is 131 Å². The molecule has 0 amide bonds. The summed E-state index contributed by atoms with van der Waals surface area (Å²) in [7, 11) is 0. The highest BCUT2D eigenvalue weighted by molar-refractivity contribution is 4.99. The van der Waals surface area contributed by atoms with E-state index in [0.717, 1.165) is 0 Å². The maximum atomic E-state index is 11.9. The number of nitrogens with zero attached hydrogens (tertiary/aromatic N) is 1. The van der Waals surface area contributed by atoms with E-state index in [2.05, 4.69) is 4.98 Å². The molecule has 0 bridgehead atoms. The smallest absolute Gasteiger partial charge is 0.330 e. The van der Waals surface area contributed by atoms with Gasteiger partial charge in [-0.15, -0.1) is 0 Å². The molecule has 20 heavy (non-hydrogen) atoms. The van der Waals surface area contributed by atoms with Crippen LogP contribution in [0, 0.1) is 0 Å². The molecule has 8 heteroatoms. The summed E-state index contributed by atoms with van der Waals surface area (Å²) in [5.74, 6) is 0. The van der Waals surface area contributed by atoms with Crippen LogP contribution in [0.1, 0.15) is 12.8 Å². The van der Waals surface area contributed by atoms with Crippen LogP contribution >= 0.6 is 0 Å². The summed E-state index contributed by atoms with van der Waals surface area (Å²) in [6.45, 7) is -0.368. The van der Waals surface area contributed by atoms with E-state index in [1.165, 1.54) is 23.0 Å². The Bertz CT molecular complexity index is 608. The van der Waals surface area contributed by atoms with Crippen LogP contribution in [0.25, 0.3) is 0 Å². The minimum absolute atomic E-state index is 0.106. The summed E-state index contributed by atoms with van der Waals surface area (Å²) in [6, 6.07) is 1.19. The number of rotatable bonds is 4. The summed E-state index contributed by atoms with van der Waals surface area (Å²) in [5, 5.41) is 19.1. The summed E-state index contributed by atoms with van der Waals surface area (Å²) >= 11 is 0.